The molecule has 2 unspecified atom stereocenters. The van der Waals surface area contributed by atoms with Crippen molar-refractivity contribution >= 4 is 35.2 Å². The molecule has 1 fully saturated rings. The van der Waals surface area contributed by atoms with E-state index in [1.807, 2.05) is 24.3 Å². The lowest BCUT2D eigenvalue weighted by Gasteiger charge is -2.36. The second-order valence-corrected chi connectivity index (χ2v) is 6.89. The van der Waals surface area contributed by atoms with E-state index in [0.29, 0.717) is 18.1 Å². The highest BCUT2D eigenvalue weighted by molar-refractivity contribution is 7.99. The van der Waals surface area contributed by atoms with Gasteiger partial charge in [-0.2, -0.15) is 0 Å². The average molecular weight is 333 g/mol. The van der Waals surface area contributed by atoms with E-state index in [2.05, 4.69) is 0 Å². The molecule has 1 aromatic carbocycles. The Bertz CT molecular complexity index is 664. The highest BCUT2D eigenvalue weighted by Crippen LogP contribution is 2.32. The van der Waals surface area contributed by atoms with Crippen molar-refractivity contribution in [3.05, 3.63) is 29.8 Å². The van der Waals surface area contributed by atoms with Gasteiger partial charge in [-0.25, -0.2) is 0 Å². The van der Waals surface area contributed by atoms with Crippen LogP contribution in [0.25, 0.3) is 0 Å². The minimum Gasteiger partial charge on any atom is -0.369 e. The number of fused-ring (bicyclic) bond motifs is 1. The number of amides is 3. The normalized spacial score (nSPS) is 23.5. The first-order chi connectivity index (χ1) is 11.0. The molecule has 2 N–H and O–H groups in total. The second-order valence-electron chi connectivity index (χ2n) is 5.89. The first-order valence-corrected chi connectivity index (χ1v) is 8.68. The summed E-state index contributed by atoms with van der Waals surface area (Å²) in [5.74, 6) is 0.0719. The van der Waals surface area contributed by atoms with Crippen LogP contribution in [0.5, 0.6) is 0 Å². The molecule has 23 heavy (non-hydrogen) atoms. The van der Waals surface area contributed by atoms with E-state index in [9.17, 15) is 14.4 Å². The van der Waals surface area contributed by atoms with Gasteiger partial charge in [-0.05, 0) is 18.1 Å². The number of anilines is 1. The monoisotopic (exact) mass is 333 g/mol. The molecule has 1 aromatic rings. The topological polar surface area (TPSA) is 83.7 Å². The second kappa shape index (κ2) is 6.23. The van der Waals surface area contributed by atoms with Crippen molar-refractivity contribution in [1.82, 2.24) is 4.90 Å². The smallest absolute Gasteiger partial charge is 0.250 e. The summed E-state index contributed by atoms with van der Waals surface area (Å²) < 4.78 is 0. The fourth-order valence-electron chi connectivity index (χ4n) is 3.13. The van der Waals surface area contributed by atoms with Gasteiger partial charge in [-0.15, -0.1) is 11.8 Å². The van der Waals surface area contributed by atoms with E-state index in [0.717, 1.165) is 11.3 Å². The predicted molar refractivity (Wildman–Crippen MR) is 88.8 cm³/mol. The zero-order valence-corrected chi connectivity index (χ0v) is 13.7. The van der Waals surface area contributed by atoms with Crippen LogP contribution in [0.1, 0.15) is 12.5 Å². The Balaban J connectivity index is 1.92. The molecule has 0 aliphatic carbocycles. The van der Waals surface area contributed by atoms with Crippen LogP contribution in [0.3, 0.4) is 0 Å². The van der Waals surface area contributed by atoms with Crippen molar-refractivity contribution in [2.24, 2.45) is 11.7 Å². The van der Waals surface area contributed by atoms with Gasteiger partial charge in [0.15, 0.2) is 0 Å². The van der Waals surface area contributed by atoms with Gasteiger partial charge in [0.2, 0.25) is 11.8 Å². The summed E-state index contributed by atoms with van der Waals surface area (Å²) in [6.45, 7) is 1.75. The van der Waals surface area contributed by atoms with E-state index < -0.39 is 17.9 Å². The van der Waals surface area contributed by atoms with Crippen LogP contribution in [0.4, 0.5) is 5.69 Å². The average Bonchev–Trinajstić information content (AvgIpc) is 3.03. The Morgan fingerprint density at radius 2 is 2.00 bits per heavy atom. The molecule has 2 atom stereocenters. The van der Waals surface area contributed by atoms with E-state index in [-0.39, 0.29) is 18.4 Å². The van der Waals surface area contributed by atoms with E-state index in [1.54, 1.807) is 21.6 Å². The third kappa shape index (κ3) is 2.93. The summed E-state index contributed by atoms with van der Waals surface area (Å²) in [6, 6.07) is 7.08. The van der Waals surface area contributed by atoms with Gasteiger partial charge in [-0.1, -0.05) is 18.2 Å². The van der Waals surface area contributed by atoms with Gasteiger partial charge in [0.05, 0.1) is 11.8 Å². The molecular weight excluding hydrogens is 314 g/mol. The number of thioether (sulfide) groups is 1. The lowest BCUT2D eigenvalue weighted by molar-refractivity contribution is -0.135. The minimum atomic E-state index is -0.475. The molecule has 2 aliphatic rings. The number of para-hydroxylation sites is 1. The SMILES string of the molecule is CC(=O)N1CSCC1C(=O)N1CC(C(N)=O)Cc2ccccc21. The van der Waals surface area contributed by atoms with Crippen molar-refractivity contribution in [3.8, 4) is 0 Å². The number of carbonyl (C=O) groups excluding carboxylic acids is 3. The van der Waals surface area contributed by atoms with Crippen LogP contribution in [0.2, 0.25) is 0 Å². The third-order valence-electron chi connectivity index (χ3n) is 4.39. The Hall–Kier alpha value is -2.02. The zero-order chi connectivity index (χ0) is 16.6. The van der Waals surface area contributed by atoms with Gasteiger partial charge < -0.3 is 15.5 Å². The number of primary amides is 1. The summed E-state index contributed by atoms with van der Waals surface area (Å²) in [5.41, 5.74) is 7.23. The molecule has 0 bridgehead atoms. The van der Waals surface area contributed by atoms with Crippen molar-refractivity contribution in [3.63, 3.8) is 0 Å². The van der Waals surface area contributed by atoms with Crippen molar-refractivity contribution in [2.45, 2.75) is 19.4 Å². The summed E-state index contributed by atoms with van der Waals surface area (Å²) in [7, 11) is 0. The molecule has 6 nitrogen and oxygen atoms in total. The maximum absolute atomic E-state index is 13.0. The van der Waals surface area contributed by atoms with E-state index in [4.69, 9.17) is 5.73 Å². The molecule has 0 aromatic heterocycles. The predicted octanol–water partition coefficient (Wildman–Crippen LogP) is 0.599. The Morgan fingerprint density at radius 1 is 1.26 bits per heavy atom. The number of hydrogen-bond donors (Lipinski definition) is 1. The molecule has 3 rings (SSSR count). The molecular formula is C16H19N3O3S. The molecule has 3 amide bonds. The van der Waals surface area contributed by atoms with Crippen LogP contribution in [-0.2, 0) is 20.8 Å². The van der Waals surface area contributed by atoms with Crippen LogP contribution in [0.15, 0.2) is 24.3 Å². The van der Waals surface area contributed by atoms with Crippen LogP contribution in [0, 0.1) is 5.92 Å². The van der Waals surface area contributed by atoms with Crippen LogP contribution >= 0.6 is 11.8 Å². The zero-order valence-electron chi connectivity index (χ0n) is 12.9. The molecule has 7 heteroatoms. The Kier molecular flexibility index (Phi) is 4.30. The van der Waals surface area contributed by atoms with Crippen LogP contribution < -0.4 is 10.6 Å². The quantitative estimate of drug-likeness (QED) is 0.859. The molecule has 1 saturated heterocycles. The lowest BCUT2D eigenvalue weighted by Crippen LogP contribution is -2.52. The number of nitrogens with zero attached hydrogens (tertiary/aromatic N) is 2. The number of nitrogens with two attached hydrogens (primary N) is 1. The Labute approximate surface area is 139 Å². The maximum atomic E-state index is 13.0. The molecule has 122 valence electrons. The molecule has 0 radical (unpaired) electrons. The van der Waals surface area contributed by atoms with Crippen molar-refractivity contribution in [2.75, 3.05) is 23.1 Å². The number of carbonyl (C=O) groups is 3. The fraction of sp³-hybridized carbons (Fsp3) is 0.438. The highest BCUT2D eigenvalue weighted by Gasteiger charge is 2.39. The summed E-state index contributed by atoms with van der Waals surface area (Å²) in [6.07, 6.45) is 0.547. The minimum absolute atomic E-state index is 0.106. The summed E-state index contributed by atoms with van der Waals surface area (Å²) in [5, 5.41) is 0. The number of hydrogen-bond acceptors (Lipinski definition) is 4. The highest BCUT2D eigenvalue weighted by atomic mass is 32.2. The molecule has 2 heterocycles. The molecule has 2 aliphatic heterocycles. The summed E-state index contributed by atoms with van der Waals surface area (Å²) in [4.78, 5) is 39.6. The molecule has 0 saturated carbocycles. The summed E-state index contributed by atoms with van der Waals surface area (Å²) >= 11 is 1.57. The van der Waals surface area contributed by atoms with E-state index in [1.165, 1.54) is 6.92 Å². The van der Waals surface area contributed by atoms with Gasteiger partial charge in [0, 0.05) is 24.9 Å². The van der Waals surface area contributed by atoms with Gasteiger partial charge in [0.1, 0.15) is 6.04 Å². The van der Waals surface area contributed by atoms with Gasteiger partial charge in [-0.3, -0.25) is 14.4 Å². The van der Waals surface area contributed by atoms with Crippen LogP contribution in [-0.4, -0.2) is 46.8 Å². The van der Waals surface area contributed by atoms with Crippen molar-refractivity contribution in [1.29, 1.82) is 0 Å². The largest absolute Gasteiger partial charge is 0.369 e. The van der Waals surface area contributed by atoms with Gasteiger partial charge in [0.25, 0.3) is 5.91 Å². The first-order valence-electron chi connectivity index (χ1n) is 7.52. The van der Waals surface area contributed by atoms with Gasteiger partial charge >= 0.3 is 0 Å². The Morgan fingerprint density at radius 3 is 2.70 bits per heavy atom. The third-order valence-corrected chi connectivity index (χ3v) is 5.40. The van der Waals surface area contributed by atoms with Crippen molar-refractivity contribution < 1.29 is 14.4 Å². The number of rotatable bonds is 2. The fourth-order valence-corrected chi connectivity index (χ4v) is 4.34. The molecule has 0 spiro atoms. The lowest BCUT2D eigenvalue weighted by atomic mass is 9.91. The first kappa shape index (κ1) is 15.9. The number of benzene rings is 1. The van der Waals surface area contributed by atoms with E-state index >= 15 is 0 Å². The standard InChI is InChI=1S/C16H19N3O3S/c1-10(20)19-9-23-8-14(19)16(22)18-7-12(15(17)21)6-11-4-2-3-5-13(11)18/h2-5,12,14H,6-9H2,1H3,(H2,17,21). The maximum Gasteiger partial charge on any atom is 0.250 e.